The van der Waals surface area contributed by atoms with Gasteiger partial charge in [0, 0.05) is 6.54 Å². The van der Waals surface area contributed by atoms with E-state index in [9.17, 15) is 0 Å². The van der Waals surface area contributed by atoms with Gasteiger partial charge in [-0.2, -0.15) is 10.1 Å². The zero-order valence-corrected chi connectivity index (χ0v) is 15.8. The second-order valence-electron chi connectivity index (χ2n) is 5.64. The molecule has 0 spiro atoms. The summed E-state index contributed by atoms with van der Waals surface area (Å²) in [5.74, 6) is 2.41. The zero-order valence-electron chi connectivity index (χ0n) is 15.1. The standard InChI is InChI=1S/C19H20ClN5O2/c1-26-16-8-7-13(11-17(16)27-2)9-10-21-19-24-18(12-22-25-19)23-15-6-4-3-5-14(15)20/h3-8,11-12H,9-10H2,1-2H3,(H2,21,23,24,25). The number of para-hydroxylation sites is 1. The fourth-order valence-electron chi connectivity index (χ4n) is 2.49. The minimum absolute atomic E-state index is 0.438. The van der Waals surface area contributed by atoms with E-state index in [4.69, 9.17) is 21.1 Å². The highest BCUT2D eigenvalue weighted by molar-refractivity contribution is 6.33. The maximum absolute atomic E-state index is 6.15. The van der Waals surface area contributed by atoms with Crippen molar-refractivity contribution in [2.45, 2.75) is 6.42 Å². The smallest absolute Gasteiger partial charge is 0.244 e. The molecule has 0 saturated heterocycles. The van der Waals surface area contributed by atoms with E-state index >= 15 is 0 Å². The van der Waals surface area contributed by atoms with Crippen LogP contribution in [0, 0.1) is 0 Å². The molecule has 0 fully saturated rings. The summed E-state index contributed by atoms with van der Waals surface area (Å²) in [6.07, 6.45) is 2.31. The molecular weight excluding hydrogens is 366 g/mol. The second kappa shape index (κ2) is 9.05. The predicted octanol–water partition coefficient (Wildman–Crippen LogP) is 3.94. The number of nitrogens with zero attached hydrogens (tertiary/aromatic N) is 3. The summed E-state index contributed by atoms with van der Waals surface area (Å²) < 4.78 is 10.6. The van der Waals surface area contributed by atoms with Gasteiger partial charge in [0.15, 0.2) is 17.3 Å². The molecule has 0 radical (unpaired) electrons. The van der Waals surface area contributed by atoms with Crippen LogP contribution >= 0.6 is 11.6 Å². The highest BCUT2D eigenvalue weighted by atomic mass is 35.5. The van der Waals surface area contributed by atoms with Crippen LogP contribution < -0.4 is 20.1 Å². The third-order valence-electron chi connectivity index (χ3n) is 3.84. The van der Waals surface area contributed by atoms with Gasteiger partial charge in [-0.25, -0.2) is 0 Å². The second-order valence-corrected chi connectivity index (χ2v) is 6.04. The van der Waals surface area contributed by atoms with Crippen molar-refractivity contribution in [3.05, 3.63) is 59.2 Å². The molecule has 2 N–H and O–H groups in total. The van der Waals surface area contributed by atoms with Crippen LogP contribution in [0.4, 0.5) is 17.5 Å². The Labute approximate surface area is 162 Å². The molecule has 0 aliphatic carbocycles. The van der Waals surface area contributed by atoms with Crippen LogP contribution in [0.1, 0.15) is 5.56 Å². The van der Waals surface area contributed by atoms with Gasteiger partial charge in [-0.3, -0.25) is 0 Å². The van der Waals surface area contributed by atoms with E-state index in [1.807, 2.05) is 36.4 Å². The Morgan fingerprint density at radius 3 is 2.63 bits per heavy atom. The molecule has 1 heterocycles. The lowest BCUT2D eigenvalue weighted by Gasteiger charge is -2.10. The van der Waals surface area contributed by atoms with Crippen LogP contribution in [0.15, 0.2) is 48.7 Å². The largest absolute Gasteiger partial charge is 0.493 e. The Morgan fingerprint density at radius 2 is 1.85 bits per heavy atom. The number of ether oxygens (including phenoxy) is 2. The van der Waals surface area contributed by atoms with Crippen molar-refractivity contribution in [1.29, 1.82) is 0 Å². The van der Waals surface area contributed by atoms with Crippen LogP contribution in [0.5, 0.6) is 11.5 Å². The summed E-state index contributed by atoms with van der Waals surface area (Å²) in [6.45, 7) is 0.646. The Balaban J connectivity index is 1.60. The monoisotopic (exact) mass is 385 g/mol. The summed E-state index contributed by atoms with van der Waals surface area (Å²) in [7, 11) is 3.24. The van der Waals surface area contributed by atoms with Gasteiger partial charge in [0.25, 0.3) is 0 Å². The van der Waals surface area contributed by atoms with E-state index in [1.54, 1.807) is 26.5 Å². The van der Waals surface area contributed by atoms with Gasteiger partial charge < -0.3 is 20.1 Å². The first-order valence-electron chi connectivity index (χ1n) is 8.35. The van der Waals surface area contributed by atoms with Crippen LogP contribution in [0.3, 0.4) is 0 Å². The minimum atomic E-state index is 0.438. The van der Waals surface area contributed by atoms with Crippen molar-refractivity contribution in [3.63, 3.8) is 0 Å². The first-order chi connectivity index (χ1) is 13.2. The molecule has 3 rings (SSSR count). The number of benzene rings is 2. The highest BCUT2D eigenvalue weighted by Gasteiger charge is 2.06. The van der Waals surface area contributed by atoms with Gasteiger partial charge in [-0.05, 0) is 36.2 Å². The molecule has 2 aromatic carbocycles. The van der Waals surface area contributed by atoms with Crippen molar-refractivity contribution in [3.8, 4) is 11.5 Å². The molecular formula is C19H20ClN5O2. The first kappa shape index (κ1) is 18.7. The van der Waals surface area contributed by atoms with Crippen LogP contribution in [-0.2, 0) is 6.42 Å². The van der Waals surface area contributed by atoms with Crippen LogP contribution in [0.2, 0.25) is 5.02 Å². The lowest BCUT2D eigenvalue weighted by Crippen LogP contribution is -2.10. The molecule has 0 aliphatic rings. The average molecular weight is 386 g/mol. The third kappa shape index (κ3) is 4.98. The Hall–Kier alpha value is -3.06. The number of rotatable bonds is 8. The predicted molar refractivity (Wildman–Crippen MR) is 106 cm³/mol. The number of hydrogen-bond acceptors (Lipinski definition) is 7. The van der Waals surface area contributed by atoms with Gasteiger partial charge in [0.05, 0.1) is 31.1 Å². The SMILES string of the molecule is COc1ccc(CCNc2nncc(Nc3ccccc3Cl)n2)cc1OC. The lowest BCUT2D eigenvalue weighted by molar-refractivity contribution is 0.354. The maximum atomic E-state index is 6.15. The van der Waals surface area contributed by atoms with Crippen molar-refractivity contribution < 1.29 is 9.47 Å². The van der Waals surface area contributed by atoms with Gasteiger partial charge in [-0.1, -0.05) is 29.8 Å². The average Bonchev–Trinajstić information content (AvgIpc) is 2.70. The number of aromatic nitrogens is 3. The zero-order chi connectivity index (χ0) is 19.1. The molecule has 0 bridgehead atoms. The summed E-state index contributed by atoms with van der Waals surface area (Å²) in [5, 5.41) is 14.9. The molecule has 27 heavy (non-hydrogen) atoms. The van der Waals surface area contributed by atoms with Crippen LogP contribution in [0.25, 0.3) is 0 Å². The molecule has 7 nitrogen and oxygen atoms in total. The molecule has 1 aromatic heterocycles. The van der Waals surface area contributed by atoms with Crippen molar-refractivity contribution in [1.82, 2.24) is 15.2 Å². The molecule has 0 aliphatic heterocycles. The fraction of sp³-hybridized carbons (Fsp3) is 0.211. The maximum Gasteiger partial charge on any atom is 0.244 e. The van der Waals surface area contributed by atoms with Crippen LogP contribution in [-0.4, -0.2) is 35.9 Å². The molecule has 0 amide bonds. The summed E-state index contributed by atoms with van der Waals surface area (Å²) in [5.41, 5.74) is 1.87. The first-order valence-corrected chi connectivity index (χ1v) is 8.73. The molecule has 0 saturated carbocycles. The van der Waals surface area contributed by atoms with Crippen molar-refractivity contribution in [2.75, 3.05) is 31.4 Å². The topological polar surface area (TPSA) is 81.2 Å². The Bertz CT molecular complexity index is 907. The minimum Gasteiger partial charge on any atom is -0.493 e. The fourth-order valence-corrected chi connectivity index (χ4v) is 2.68. The van der Waals surface area contributed by atoms with E-state index in [2.05, 4.69) is 25.8 Å². The summed E-state index contributed by atoms with van der Waals surface area (Å²) in [4.78, 5) is 4.40. The van der Waals surface area contributed by atoms with E-state index < -0.39 is 0 Å². The number of halogens is 1. The van der Waals surface area contributed by atoms with Crippen molar-refractivity contribution in [2.24, 2.45) is 0 Å². The molecule has 8 heteroatoms. The number of methoxy groups -OCH3 is 2. The highest BCUT2D eigenvalue weighted by Crippen LogP contribution is 2.27. The molecule has 0 atom stereocenters. The van der Waals surface area contributed by atoms with E-state index in [0.717, 1.165) is 17.7 Å². The van der Waals surface area contributed by atoms with E-state index in [-0.39, 0.29) is 0 Å². The van der Waals surface area contributed by atoms with Gasteiger partial charge in [-0.15, -0.1) is 5.10 Å². The van der Waals surface area contributed by atoms with Gasteiger partial charge in [0.1, 0.15) is 0 Å². The lowest BCUT2D eigenvalue weighted by atomic mass is 10.1. The van der Waals surface area contributed by atoms with E-state index in [0.29, 0.717) is 34.8 Å². The summed E-state index contributed by atoms with van der Waals surface area (Å²) in [6, 6.07) is 13.3. The molecule has 0 unspecified atom stereocenters. The number of nitrogens with one attached hydrogen (secondary N) is 2. The van der Waals surface area contributed by atoms with Gasteiger partial charge in [0.2, 0.25) is 5.95 Å². The summed E-state index contributed by atoms with van der Waals surface area (Å²) >= 11 is 6.15. The quantitative estimate of drug-likeness (QED) is 0.607. The normalized spacial score (nSPS) is 10.3. The van der Waals surface area contributed by atoms with E-state index in [1.165, 1.54) is 0 Å². The van der Waals surface area contributed by atoms with Crippen molar-refractivity contribution >= 4 is 29.1 Å². The van der Waals surface area contributed by atoms with Gasteiger partial charge >= 0.3 is 0 Å². The number of hydrogen-bond donors (Lipinski definition) is 2. The Kier molecular flexibility index (Phi) is 6.27. The third-order valence-corrected chi connectivity index (χ3v) is 4.17. The number of anilines is 3. The molecule has 3 aromatic rings. The molecule has 140 valence electrons. The Morgan fingerprint density at radius 1 is 1.04 bits per heavy atom.